The molecule has 7 nitrogen and oxygen atoms in total. The first-order valence-corrected chi connectivity index (χ1v) is 9.13. The van der Waals surface area contributed by atoms with Gasteiger partial charge >= 0.3 is 0 Å². The van der Waals surface area contributed by atoms with Crippen molar-refractivity contribution in [1.29, 1.82) is 0 Å². The minimum Gasteiger partial charge on any atom is -0.381 e. The average Bonchev–Trinajstić information content (AvgIpc) is 3.26. The standard InChI is InChI=1S/C16H27N5O2S/c1-12(15-17-5-7-24-15)8-18-16(20-10-14(22)21(2)3)19-9-13-4-6-23-11-13/h5,7,12-13H,4,6,8-11H2,1-3H3,(H2,18,19,20). The number of likely N-dealkylation sites (N-methyl/N-ethyl adjacent to an activating group) is 1. The van der Waals surface area contributed by atoms with E-state index >= 15 is 0 Å². The van der Waals surface area contributed by atoms with Gasteiger partial charge in [-0.25, -0.2) is 9.98 Å². The number of guanidine groups is 1. The van der Waals surface area contributed by atoms with E-state index in [1.165, 1.54) is 0 Å². The number of hydrogen-bond donors (Lipinski definition) is 2. The molecule has 2 rings (SSSR count). The Hall–Kier alpha value is -1.67. The molecule has 1 aliphatic rings. The zero-order chi connectivity index (χ0) is 17.4. The summed E-state index contributed by atoms with van der Waals surface area (Å²) in [6.07, 6.45) is 2.88. The largest absolute Gasteiger partial charge is 0.381 e. The predicted octanol–water partition coefficient (Wildman–Crippen LogP) is 0.907. The van der Waals surface area contributed by atoms with Crippen LogP contribution in [0.5, 0.6) is 0 Å². The third-order valence-corrected chi connectivity index (χ3v) is 4.91. The molecule has 2 heterocycles. The van der Waals surface area contributed by atoms with E-state index < -0.39 is 0 Å². The van der Waals surface area contributed by atoms with Crippen LogP contribution in [0.15, 0.2) is 16.6 Å². The van der Waals surface area contributed by atoms with Crippen molar-refractivity contribution < 1.29 is 9.53 Å². The highest BCUT2D eigenvalue weighted by molar-refractivity contribution is 7.09. The minimum absolute atomic E-state index is 0.0201. The number of nitrogens with one attached hydrogen (secondary N) is 2. The maximum atomic E-state index is 11.8. The van der Waals surface area contributed by atoms with E-state index in [1.807, 2.05) is 11.6 Å². The van der Waals surface area contributed by atoms with Gasteiger partial charge < -0.3 is 20.3 Å². The Bertz CT molecular complexity index is 527. The van der Waals surface area contributed by atoms with Crippen LogP contribution in [0.2, 0.25) is 0 Å². The molecule has 1 fully saturated rings. The molecule has 0 saturated carbocycles. The van der Waals surface area contributed by atoms with Gasteiger partial charge in [0.1, 0.15) is 6.54 Å². The van der Waals surface area contributed by atoms with Gasteiger partial charge in [0, 0.05) is 57.2 Å². The summed E-state index contributed by atoms with van der Waals surface area (Å²) in [6, 6.07) is 0. The molecule has 2 unspecified atom stereocenters. The maximum absolute atomic E-state index is 11.8. The summed E-state index contributed by atoms with van der Waals surface area (Å²) in [5, 5.41) is 9.72. The van der Waals surface area contributed by atoms with E-state index in [0.29, 0.717) is 11.9 Å². The molecular weight excluding hydrogens is 326 g/mol. The number of rotatable bonds is 7. The van der Waals surface area contributed by atoms with Crippen molar-refractivity contribution in [3.05, 3.63) is 16.6 Å². The van der Waals surface area contributed by atoms with Crippen LogP contribution in [-0.2, 0) is 9.53 Å². The Labute approximate surface area is 147 Å². The van der Waals surface area contributed by atoms with Crippen LogP contribution >= 0.6 is 11.3 Å². The van der Waals surface area contributed by atoms with Gasteiger partial charge in [-0.3, -0.25) is 4.79 Å². The van der Waals surface area contributed by atoms with E-state index in [2.05, 4.69) is 27.5 Å². The van der Waals surface area contributed by atoms with Gasteiger partial charge in [-0.2, -0.15) is 0 Å². The average molecular weight is 353 g/mol. The summed E-state index contributed by atoms with van der Waals surface area (Å²) in [6.45, 7) is 5.39. The third kappa shape index (κ3) is 6.09. The molecule has 134 valence electrons. The number of thiazole rings is 1. The van der Waals surface area contributed by atoms with Gasteiger partial charge in [0.25, 0.3) is 0 Å². The maximum Gasteiger partial charge on any atom is 0.243 e. The zero-order valence-corrected chi connectivity index (χ0v) is 15.4. The van der Waals surface area contributed by atoms with E-state index in [1.54, 1.807) is 30.3 Å². The van der Waals surface area contributed by atoms with Gasteiger partial charge in [0.05, 0.1) is 11.6 Å². The summed E-state index contributed by atoms with van der Waals surface area (Å²) in [4.78, 5) is 22.1. The lowest BCUT2D eigenvalue weighted by Gasteiger charge is -2.17. The number of carbonyl (C=O) groups excluding carboxylic acids is 1. The van der Waals surface area contributed by atoms with Crippen LogP contribution in [0.1, 0.15) is 24.3 Å². The lowest BCUT2D eigenvalue weighted by molar-refractivity contribution is -0.127. The summed E-state index contributed by atoms with van der Waals surface area (Å²) >= 11 is 1.65. The van der Waals surface area contributed by atoms with Crippen molar-refractivity contribution in [1.82, 2.24) is 20.5 Å². The second kappa shape index (κ2) is 9.58. The van der Waals surface area contributed by atoms with Crippen LogP contribution < -0.4 is 10.6 Å². The molecule has 24 heavy (non-hydrogen) atoms. The molecule has 2 N–H and O–H groups in total. The first kappa shape index (κ1) is 18.7. The van der Waals surface area contributed by atoms with Crippen molar-refractivity contribution >= 4 is 23.2 Å². The molecule has 0 radical (unpaired) electrons. The van der Waals surface area contributed by atoms with E-state index in [0.717, 1.165) is 37.7 Å². The van der Waals surface area contributed by atoms with Gasteiger partial charge in [-0.15, -0.1) is 11.3 Å². The summed E-state index contributed by atoms with van der Waals surface area (Å²) in [5.74, 6) is 1.43. The zero-order valence-electron chi connectivity index (χ0n) is 14.6. The minimum atomic E-state index is -0.0201. The molecule has 1 amide bonds. The Morgan fingerprint density at radius 3 is 3.00 bits per heavy atom. The first-order chi connectivity index (χ1) is 11.6. The molecule has 1 aromatic heterocycles. The number of aliphatic imine (C=N–C) groups is 1. The topological polar surface area (TPSA) is 78.9 Å². The van der Waals surface area contributed by atoms with Crippen molar-refractivity contribution in [2.24, 2.45) is 10.9 Å². The normalized spacial score (nSPS) is 19.1. The fourth-order valence-corrected chi connectivity index (χ4v) is 2.96. The van der Waals surface area contributed by atoms with Crippen molar-refractivity contribution in [2.45, 2.75) is 19.3 Å². The third-order valence-electron chi connectivity index (χ3n) is 3.90. The van der Waals surface area contributed by atoms with Crippen LogP contribution in [0, 0.1) is 5.92 Å². The predicted molar refractivity (Wildman–Crippen MR) is 96.5 cm³/mol. The quantitative estimate of drug-likeness (QED) is 0.563. The highest BCUT2D eigenvalue weighted by atomic mass is 32.1. The van der Waals surface area contributed by atoms with Crippen molar-refractivity contribution in [2.75, 3.05) is 46.9 Å². The highest BCUT2D eigenvalue weighted by Crippen LogP contribution is 2.16. The Kier molecular flexibility index (Phi) is 7.45. The van der Waals surface area contributed by atoms with E-state index in [-0.39, 0.29) is 18.4 Å². The molecule has 0 bridgehead atoms. The van der Waals surface area contributed by atoms with Crippen LogP contribution in [0.4, 0.5) is 0 Å². The summed E-state index contributed by atoms with van der Waals surface area (Å²) < 4.78 is 5.40. The number of ether oxygens (including phenoxy) is 1. The molecule has 0 aromatic carbocycles. The van der Waals surface area contributed by atoms with Crippen LogP contribution in [0.25, 0.3) is 0 Å². The molecule has 0 spiro atoms. The van der Waals surface area contributed by atoms with Gasteiger partial charge in [0.15, 0.2) is 5.96 Å². The SMILES string of the molecule is CC(CNC(=NCC(=O)N(C)C)NCC1CCOC1)c1nccs1. The Morgan fingerprint density at radius 2 is 2.38 bits per heavy atom. The molecule has 0 aliphatic carbocycles. The number of nitrogens with zero attached hydrogens (tertiary/aromatic N) is 3. The lowest BCUT2D eigenvalue weighted by atomic mass is 10.1. The highest BCUT2D eigenvalue weighted by Gasteiger charge is 2.16. The van der Waals surface area contributed by atoms with Gasteiger partial charge in [-0.05, 0) is 6.42 Å². The first-order valence-electron chi connectivity index (χ1n) is 8.25. The molecule has 1 aromatic rings. The number of amides is 1. The Morgan fingerprint density at radius 1 is 1.54 bits per heavy atom. The van der Waals surface area contributed by atoms with Crippen LogP contribution in [0.3, 0.4) is 0 Å². The monoisotopic (exact) mass is 353 g/mol. The smallest absolute Gasteiger partial charge is 0.243 e. The van der Waals surface area contributed by atoms with Gasteiger partial charge in [0.2, 0.25) is 5.91 Å². The van der Waals surface area contributed by atoms with Crippen LogP contribution in [-0.4, -0.2) is 68.7 Å². The molecule has 1 saturated heterocycles. The number of carbonyl (C=O) groups is 1. The fourth-order valence-electron chi connectivity index (χ4n) is 2.26. The van der Waals surface area contributed by atoms with E-state index in [9.17, 15) is 4.79 Å². The second-order valence-electron chi connectivity index (χ2n) is 6.22. The summed E-state index contributed by atoms with van der Waals surface area (Å²) in [7, 11) is 3.47. The Balaban J connectivity index is 1.87. The number of hydrogen-bond acceptors (Lipinski definition) is 5. The fraction of sp³-hybridized carbons (Fsp3) is 0.688. The number of aromatic nitrogens is 1. The molecule has 8 heteroatoms. The summed E-state index contributed by atoms with van der Waals surface area (Å²) in [5.41, 5.74) is 0. The lowest BCUT2D eigenvalue weighted by Crippen LogP contribution is -2.42. The van der Waals surface area contributed by atoms with Gasteiger partial charge in [-0.1, -0.05) is 6.92 Å². The van der Waals surface area contributed by atoms with E-state index in [4.69, 9.17) is 4.74 Å². The molecule has 2 atom stereocenters. The molecular formula is C16H27N5O2S. The van der Waals surface area contributed by atoms with Crippen molar-refractivity contribution in [3.8, 4) is 0 Å². The van der Waals surface area contributed by atoms with Crippen molar-refractivity contribution in [3.63, 3.8) is 0 Å². The molecule has 1 aliphatic heterocycles. The second-order valence-corrected chi connectivity index (χ2v) is 7.14.